The SMILES string of the molecule is C=CCn1c(=O)/c(=C2/Sc3ccc(OC)cc3N2C)s/c1=C1/C(=O)N(c2cccc([N+](=O)[O-])c2)N=C1C. The molecule has 0 saturated heterocycles. The Labute approximate surface area is 219 Å². The standard InChI is InChI=1S/C25H21N5O5S2/c1-5-11-28-23(32)21(25-27(3)18-13-17(35-4)9-10-19(18)36-25)37-24(28)20-14(2)26-29(22(20)31)15-7-6-8-16(12-15)30(33)34/h5-10,12-13H,1,11H2,2-4H3/b24-20+,25-21-. The third kappa shape index (κ3) is 4.03. The van der Waals surface area contributed by atoms with E-state index in [1.165, 1.54) is 45.9 Å². The van der Waals surface area contributed by atoms with Crippen LogP contribution in [-0.4, -0.2) is 35.3 Å². The summed E-state index contributed by atoms with van der Waals surface area (Å²) < 4.78 is 7.81. The number of nitro groups is 1. The van der Waals surface area contributed by atoms with Crippen molar-refractivity contribution in [1.82, 2.24) is 4.57 Å². The van der Waals surface area contributed by atoms with Crippen molar-refractivity contribution in [2.75, 3.05) is 24.1 Å². The number of allylic oxidation sites excluding steroid dienone is 1. The van der Waals surface area contributed by atoms with Crippen LogP contribution in [0.1, 0.15) is 6.92 Å². The van der Waals surface area contributed by atoms with Crippen molar-refractivity contribution in [3.8, 4) is 5.75 Å². The molecule has 2 aromatic carbocycles. The van der Waals surface area contributed by atoms with Gasteiger partial charge in [-0.1, -0.05) is 23.9 Å². The maximum absolute atomic E-state index is 13.6. The summed E-state index contributed by atoms with van der Waals surface area (Å²) in [6.07, 6.45) is 1.60. The van der Waals surface area contributed by atoms with Gasteiger partial charge in [0.25, 0.3) is 17.2 Å². The van der Waals surface area contributed by atoms with E-state index in [0.717, 1.165) is 20.6 Å². The highest BCUT2D eigenvalue weighted by Crippen LogP contribution is 2.46. The van der Waals surface area contributed by atoms with Crippen LogP contribution in [0.5, 0.6) is 5.75 Å². The van der Waals surface area contributed by atoms with Crippen molar-refractivity contribution in [1.29, 1.82) is 0 Å². The fraction of sp³-hybridized carbons (Fsp3) is 0.160. The smallest absolute Gasteiger partial charge is 0.283 e. The molecule has 0 aliphatic carbocycles. The van der Waals surface area contributed by atoms with Crippen molar-refractivity contribution >= 4 is 62.4 Å². The van der Waals surface area contributed by atoms with E-state index in [2.05, 4.69) is 11.7 Å². The van der Waals surface area contributed by atoms with Crippen LogP contribution in [0.25, 0.3) is 10.6 Å². The number of aromatic nitrogens is 1. The maximum Gasteiger partial charge on any atom is 0.283 e. The van der Waals surface area contributed by atoms with Gasteiger partial charge in [-0.15, -0.1) is 17.9 Å². The molecule has 0 atom stereocenters. The van der Waals surface area contributed by atoms with Gasteiger partial charge in [0.15, 0.2) is 0 Å². The molecule has 0 radical (unpaired) electrons. The molecular weight excluding hydrogens is 514 g/mol. The van der Waals surface area contributed by atoms with Gasteiger partial charge in [0, 0.05) is 36.7 Å². The van der Waals surface area contributed by atoms with Gasteiger partial charge in [0.2, 0.25) is 0 Å². The first-order valence-corrected chi connectivity index (χ1v) is 12.7. The second-order valence-corrected chi connectivity index (χ2v) is 10.2. The largest absolute Gasteiger partial charge is 0.497 e. The first-order chi connectivity index (χ1) is 17.7. The normalized spacial score (nSPS) is 17.7. The summed E-state index contributed by atoms with van der Waals surface area (Å²) in [4.78, 5) is 40.8. The van der Waals surface area contributed by atoms with Crippen LogP contribution in [0.4, 0.5) is 17.1 Å². The Morgan fingerprint density at radius 2 is 2.00 bits per heavy atom. The molecule has 0 saturated carbocycles. The molecule has 1 amide bonds. The number of benzene rings is 2. The first kappa shape index (κ1) is 24.5. The number of methoxy groups -OCH3 is 1. The Hall–Kier alpha value is -4.16. The lowest BCUT2D eigenvalue weighted by molar-refractivity contribution is -0.384. The topological polar surface area (TPSA) is 110 Å². The summed E-state index contributed by atoms with van der Waals surface area (Å²) in [6.45, 7) is 5.66. The first-order valence-electron chi connectivity index (χ1n) is 11.1. The minimum absolute atomic E-state index is 0.150. The number of nitrogens with zero attached hydrogens (tertiary/aromatic N) is 5. The number of carbonyl (C=O) groups excluding carboxylic acids is 1. The van der Waals surface area contributed by atoms with E-state index in [-0.39, 0.29) is 29.1 Å². The minimum atomic E-state index is -0.529. The predicted molar refractivity (Wildman–Crippen MR) is 146 cm³/mol. The Morgan fingerprint density at radius 3 is 2.70 bits per heavy atom. The van der Waals surface area contributed by atoms with Crippen molar-refractivity contribution < 1.29 is 14.5 Å². The number of hydrogen-bond donors (Lipinski definition) is 0. The molecule has 0 N–H and O–H groups in total. The fourth-order valence-corrected chi connectivity index (χ4v) is 6.68. The van der Waals surface area contributed by atoms with Crippen LogP contribution < -0.4 is 29.4 Å². The van der Waals surface area contributed by atoms with Crippen LogP contribution in [0.2, 0.25) is 0 Å². The summed E-state index contributed by atoms with van der Waals surface area (Å²) in [5.74, 6) is 0.248. The molecule has 1 aromatic heterocycles. The number of rotatable bonds is 5. The van der Waals surface area contributed by atoms with Gasteiger partial charge in [-0.05, 0) is 25.1 Å². The predicted octanol–water partition coefficient (Wildman–Crippen LogP) is 2.89. The van der Waals surface area contributed by atoms with E-state index >= 15 is 0 Å². The number of non-ortho nitro benzene ring substituents is 1. The van der Waals surface area contributed by atoms with E-state index in [0.29, 0.717) is 20.7 Å². The molecule has 188 valence electrons. The van der Waals surface area contributed by atoms with Gasteiger partial charge in [0.1, 0.15) is 20.0 Å². The third-order valence-corrected chi connectivity index (χ3v) is 8.50. The molecule has 10 nitrogen and oxygen atoms in total. The van der Waals surface area contributed by atoms with Gasteiger partial charge >= 0.3 is 0 Å². The number of thioether (sulfide) groups is 1. The van der Waals surface area contributed by atoms with Gasteiger partial charge in [-0.2, -0.15) is 10.1 Å². The van der Waals surface area contributed by atoms with Crippen LogP contribution in [0, 0.1) is 10.1 Å². The number of anilines is 2. The van der Waals surface area contributed by atoms with Crippen molar-refractivity contribution in [2.45, 2.75) is 18.4 Å². The van der Waals surface area contributed by atoms with Gasteiger partial charge in [-0.3, -0.25) is 24.3 Å². The zero-order valence-corrected chi connectivity index (χ0v) is 21.8. The summed E-state index contributed by atoms with van der Waals surface area (Å²) in [7, 11) is 3.49. The average Bonchev–Trinajstić information content (AvgIpc) is 3.49. The lowest BCUT2D eigenvalue weighted by atomic mass is 10.2. The molecule has 5 rings (SSSR count). The van der Waals surface area contributed by atoms with Crippen LogP contribution in [0.3, 0.4) is 0 Å². The number of carbonyl (C=O) groups is 1. The Morgan fingerprint density at radius 1 is 1.22 bits per heavy atom. The zero-order chi connectivity index (χ0) is 26.4. The van der Waals surface area contributed by atoms with Gasteiger partial charge < -0.3 is 9.64 Å². The number of hydrogen-bond acceptors (Lipinski definition) is 9. The number of fused-ring (bicyclic) bond motifs is 1. The molecule has 2 aliphatic rings. The van der Waals surface area contributed by atoms with Crippen molar-refractivity contribution in [3.63, 3.8) is 0 Å². The highest BCUT2D eigenvalue weighted by molar-refractivity contribution is 8.08. The Bertz CT molecular complexity index is 1700. The van der Waals surface area contributed by atoms with E-state index in [9.17, 15) is 19.7 Å². The zero-order valence-electron chi connectivity index (χ0n) is 20.1. The number of nitro benzene ring substituents is 1. The van der Waals surface area contributed by atoms with Crippen molar-refractivity contribution in [2.24, 2.45) is 5.10 Å². The van der Waals surface area contributed by atoms with Gasteiger partial charge in [0.05, 0.1) is 34.7 Å². The summed E-state index contributed by atoms with van der Waals surface area (Å²) >= 11 is 2.69. The lowest BCUT2D eigenvalue weighted by Crippen LogP contribution is -2.35. The summed E-state index contributed by atoms with van der Waals surface area (Å²) in [5, 5.41) is 17.5. The van der Waals surface area contributed by atoms with Crippen LogP contribution >= 0.6 is 23.1 Å². The summed E-state index contributed by atoms with van der Waals surface area (Å²) in [5.41, 5.74) is 1.48. The van der Waals surface area contributed by atoms with E-state index in [1.54, 1.807) is 26.2 Å². The average molecular weight is 536 g/mol. The maximum atomic E-state index is 13.6. The highest BCUT2D eigenvalue weighted by Gasteiger charge is 2.33. The second kappa shape index (κ2) is 9.37. The minimum Gasteiger partial charge on any atom is -0.497 e. The molecule has 37 heavy (non-hydrogen) atoms. The van der Waals surface area contributed by atoms with Crippen molar-refractivity contribution in [3.05, 3.63) is 84.8 Å². The molecule has 12 heteroatoms. The molecule has 0 spiro atoms. The van der Waals surface area contributed by atoms with E-state index < -0.39 is 10.8 Å². The number of amides is 1. The number of hydrazone groups is 1. The molecule has 3 heterocycles. The molecule has 0 fully saturated rings. The van der Waals surface area contributed by atoms with E-state index in [1.807, 2.05) is 30.1 Å². The third-order valence-electron chi connectivity index (χ3n) is 5.94. The molecule has 0 unspecified atom stereocenters. The van der Waals surface area contributed by atoms with E-state index in [4.69, 9.17) is 4.74 Å². The molecule has 0 bridgehead atoms. The fourth-order valence-electron chi connectivity index (χ4n) is 4.15. The van der Waals surface area contributed by atoms with Gasteiger partial charge in [-0.25, -0.2) is 0 Å². The monoisotopic (exact) mass is 535 g/mol. The van der Waals surface area contributed by atoms with Crippen LogP contribution in [0.15, 0.2) is 69.9 Å². The molecule has 2 aliphatic heterocycles. The Balaban J connectivity index is 1.69. The second-order valence-electron chi connectivity index (χ2n) is 8.19. The quantitative estimate of drug-likeness (QED) is 0.281. The number of thiazole rings is 1. The van der Waals surface area contributed by atoms with Crippen LogP contribution in [-0.2, 0) is 11.3 Å². The molecule has 3 aromatic rings. The number of ether oxygens (including phenoxy) is 1. The molecular formula is C25H21N5O5S2. The highest BCUT2D eigenvalue weighted by atomic mass is 32.2. The lowest BCUT2D eigenvalue weighted by Gasteiger charge is -2.13. The summed E-state index contributed by atoms with van der Waals surface area (Å²) in [6, 6.07) is 11.4. The Kier molecular flexibility index (Phi) is 6.21.